The summed E-state index contributed by atoms with van der Waals surface area (Å²) in [7, 11) is 0. The summed E-state index contributed by atoms with van der Waals surface area (Å²) in [4.78, 5) is 12.5. The quantitative estimate of drug-likeness (QED) is 0.365. The number of rotatable bonds is 6. The lowest BCUT2D eigenvalue weighted by atomic mass is 9.84. The zero-order valence-electron chi connectivity index (χ0n) is 16.5. The summed E-state index contributed by atoms with van der Waals surface area (Å²) in [6.45, 7) is 0. The smallest absolute Gasteiger partial charge is 0.149 e. The Kier molecular flexibility index (Phi) is 4.85. The number of H-pyrrole nitrogens is 2. The SMILES string of the molecule is N#CC[C@H]1CC[C@H](n2c(CC(O)Nc3cc[nH]n3)nc3cnc4[nH]ccc4c32)CC1. The highest BCUT2D eigenvalue weighted by Gasteiger charge is 2.27. The number of aromatic nitrogens is 6. The number of nitriles is 1. The van der Waals surface area contributed by atoms with E-state index in [-0.39, 0.29) is 6.04 Å². The highest BCUT2D eigenvalue weighted by molar-refractivity contribution is 6.01. The van der Waals surface area contributed by atoms with E-state index in [4.69, 9.17) is 10.2 Å². The lowest BCUT2D eigenvalue weighted by Crippen LogP contribution is -2.26. The van der Waals surface area contributed by atoms with Crippen molar-refractivity contribution in [1.29, 1.82) is 5.26 Å². The predicted octanol–water partition coefficient (Wildman–Crippen LogP) is 3.25. The normalized spacial score (nSPS) is 20.4. The number of aliphatic hydroxyl groups is 1. The number of anilines is 1. The number of aromatic amines is 2. The van der Waals surface area contributed by atoms with Gasteiger partial charge in [0.15, 0.2) is 0 Å². The second kappa shape index (κ2) is 7.80. The number of hydrogen-bond acceptors (Lipinski definition) is 6. The fourth-order valence-corrected chi connectivity index (χ4v) is 4.65. The molecule has 1 aliphatic carbocycles. The number of aliphatic hydroxyl groups excluding tert-OH is 1. The van der Waals surface area contributed by atoms with Crippen molar-refractivity contribution in [2.75, 3.05) is 5.32 Å². The first kappa shape index (κ1) is 18.6. The average Bonchev–Trinajstić information content (AvgIpc) is 3.47. The highest BCUT2D eigenvalue weighted by Crippen LogP contribution is 2.38. The van der Waals surface area contributed by atoms with E-state index < -0.39 is 6.23 Å². The molecule has 5 rings (SSSR count). The lowest BCUT2D eigenvalue weighted by molar-refractivity contribution is 0.196. The number of fused-ring (bicyclic) bond motifs is 3. The maximum Gasteiger partial charge on any atom is 0.149 e. The second-order valence-electron chi connectivity index (χ2n) is 7.99. The molecule has 9 nitrogen and oxygen atoms in total. The minimum absolute atomic E-state index is 0.290. The van der Waals surface area contributed by atoms with Crippen LogP contribution in [0.3, 0.4) is 0 Å². The first-order chi connectivity index (χ1) is 14.7. The fourth-order valence-electron chi connectivity index (χ4n) is 4.65. The summed E-state index contributed by atoms with van der Waals surface area (Å²) in [5.74, 6) is 1.90. The van der Waals surface area contributed by atoms with Crippen molar-refractivity contribution in [3.63, 3.8) is 0 Å². The molecule has 1 unspecified atom stereocenters. The Bertz CT molecular complexity index is 1180. The van der Waals surface area contributed by atoms with E-state index >= 15 is 0 Å². The van der Waals surface area contributed by atoms with E-state index in [0.717, 1.165) is 53.6 Å². The molecule has 0 saturated heterocycles. The van der Waals surface area contributed by atoms with E-state index in [9.17, 15) is 5.11 Å². The molecular weight excluding hydrogens is 380 g/mol. The van der Waals surface area contributed by atoms with Gasteiger partial charge in [-0.3, -0.25) is 5.10 Å². The van der Waals surface area contributed by atoms with Gasteiger partial charge in [0.1, 0.15) is 29.0 Å². The first-order valence-electron chi connectivity index (χ1n) is 10.4. The topological polar surface area (TPSA) is 131 Å². The van der Waals surface area contributed by atoms with Crippen LogP contribution in [-0.4, -0.2) is 41.1 Å². The molecular formula is C21H24N8O. The van der Waals surface area contributed by atoms with Gasteiger partial charge in [0.2, 0.25) is 0 Å². The molecule has 0 radical (unpaired) electrons. The Balaban J connectivity index is 1.51. The van der Waals surface area contributed by atoms with Gasteiger partial charge in [-0.2, -0.15) is 10.4 Å². The molecule has 30 heavy (non-hydrogen) atoms. The average molecular weight is 404 g/mol. The molecule has 9 heteroatoms. The maximum atomic E-state index is 10.6. The summed E-state index contributed by atoms with van der Waals surface area (Å²) >= 11 is 0. The van der Waals surface area contributed by atoms with E-state index in [2.05, 4.69) is 36.1 Å². The largest absolute Gasteiger partial charge is 0.373 e. The third-order valence-corrected chi connectivity index (χ3v) is 6.06. The van der Waals surface area contributed by atoms with Gasteiger partial charge >= 0.3 is 0 Å². The second-order valence-corrected chi connectivity index (χ2v) is 7.99. The molecule has 0 aromatic carbocycles. The first-order valence-corrected chi connectivity index (χ1v) is 10.4. The van der Waals surface area contributed by atoms with Gasteiger partial charge in [0, 0.05) is 30.2 Å². The van der Waals surface area contributed by atoms with Gasteiger partial charge in [0.05, 0.1) is 24.2 Å². The molecule has 4 aromatic rings. The molecule has 4 heterocycles. The zero-order chi connectivity index (χ0) is 20.5. The number of imidazole rings is 1. The number of pyridine rings is 1. The molecule has 4 N–H and O–H groups in total. The van der Waals surface area contributed by atoms with E-state index in [1.54, 1.807) is 18.5 Å². The highest BCUT2D eigenvalue weighted by atomic mass is 16.3. The molecule has 1 saturated carbocycles. The summed E-state index contributed by atoms with van der Waals surface area (Å²) in [5, 5.41) is 30.5. The van der Waals surface area contributed by atoms with Crippen molar-refractivity contribution in [2.24, 2.45) is 5.92 Å². The van der Waals surface area contributed by atoms with Crippen molar-refractivity contribution in [2.45, 2.75) is 50.8 Å². The number of nitrogens with one attached hydrogen (secondary N) is 3. The molecule has 0 aliphatic heterocycles. The molecule has 1 fully saturated rings. The minimum atomic E-state index is -0.812. The Labute approximate surface area is 173 Å². The van der Waals surface area contributed by atoms with Crippen molar-refractivity contribution in [3.05, 3.63) is 36.5 Å². The van der Waals surface area contributed by atoms with Crippen LogP contribution in [0.25, 0.3) is 22.1 Å². The van der Waals surface area contributed by atoms with Crippen LogP contribution in [0.5, 0.6) is 0 Å². The molecule has 154 valence electrons. The number of hydrogen-bond donors (Lipinski definition) is 4. The van der Waals surface area contributed by atoms with E-state index in [1.165, 1.54) is 0 Å². The summed E-state index contributed by atoms with van der Waals surface area (Å²) in [6.07, 6.45) is 9.64. The van der Waals surface area contributed by atoms with Gasteiger partial charge in [-0.15, -0.1) is 0 Å². The number of nitrogens with zero attached hydrogens (tertiary/aromatic N) is 5. The Morgan fingerprint density at radius 1 is 1.27 bits per heavy atom. The molecule has 0 spiro atoms. The minimum Gasteiger partial charge on any atom is -0.373 e. The standard InChI is InChI=1S/C21H24N8O/c22-8-5-13-1-3-14(4-2-13)29-18(11-19(30)27-17-7-10-25-28-17)26-16-12-24-21-15(20(16)29)6-9-23-21/h6-7,9-10,12-14,19,30H,1-5,11H2,(H,23,24)(H2,25,27,28)/t13-,14-,19?. The monoisotopic (exact) mass is 404 g/mol. The molecule has 4 aromatic heterocycles. The van der Waals surface area contributed by atoms with Gasteiger partial charge in [-0.05, 0) is 43.7 Å². The predicted molar refractivity (Wildman–Crippen MR) is 113 cm³/mol. The molecule has 0 bridgehead atoms. The maximum absolute atomic E-state index is 10.6. The third kappa shape index (κ3) is 3.39. The third-order valence-electron chi connectivity index (χ3n) is 6.06. The summed E-state index contributed by atoms with van der Waals surface area (Å²) < 4.78 is 2.30. The van der Waals surface area contributed by atoms with Crippen LogP contribution in [0.4, 0.5) is 5.82 Å². The van der Waals surface area contributed by atoms with Gasteiger partial charge in [0.25, 0.3) is 0 Å². The summed E-state index contributed by atoms with van der Waals surface area (Å²) in [5.41, 5.74) is 2.73. The van der Waals surface area contributed by atoms with Crippen LogP contribution >= 0.6 is 0 Å². The van der Waals surface area contributed by atoms with Crippen molar-refractivity contribution in [1.82, 2.24) is 29.7 Å². The van der Waals surface area contributed by atoms with Crippen molar-refractivity contribution >= 4 is 27.9 Å². The Morgan fingerprint density at radius 2 is 2.13 bits per heavy atom. The van der Waals surface area contributed by atoms with E-state index in [0.29, 0.717) is 24.6 Å². The Hall–Kier alpha value is -3.38. The van der Waals surface area contributed by atoms with Gasteiger partial charge in [-0.1, -0.05) is 0 Å². The molecule has 1 atom stereocenters. The van der Waals surface area contributed by atoms with Crippen LogP contribution in [0, 0.1) is 17.2 Å². The molecule has 1 aliphatic rings. The van der Waals surface area contributed by atoms with Gasteiger partial charge < -0.3 is 20.0 Å². The zero-order valence-corrected chi connectivity index (χ0v) is 16.5. The van der Waals surface area contributed by atoms with Crippen molar-refractivity contribution in [3.8, 4) is 6.07 Å². The Morgan fingerprint density at radius 3 is 2.90 bits per heavy atom. The van der Waals surface area contributed by atoms with Gasteiger partial charge in [-0.25, -0.2) is 9.97 Å². The van der Waals surface area contributed by atoms with E-state index in [1.807, 2.05) is 12.3 Å². The van der Waals surface area contributed by atoms with Crippen LogP contribution < -0.4 is 5.32 Å². The van der Waals surface area contributed by atoms with Crippen LogP contribution in [-0.2, 0) is 6.42 Å². The lowest BCUT2D eigenvalue weighted by Gasteiger charge is -2.30. The molecule has 0 amide bonds. The van der Waals surface area contributed by atoms with Crippen LogP contribution in [0.15, 0.2) is 30.7 Å². The van der Waals surface area contributed by atoms with Crippen LogP contribution in [0.1, 0.15) is 44.0 Å². The van der Waals surface area contributed by atoms with Crippen LogP contribution in [0.2, 0.25) is 0 Å². The summed E-state index contributed by atoms with van der Waals surface area (Å²) in [6, 6.07) is 6.41. The fraction of sp³-hybridized carbons (Fsp3) is 0.429. The van der Waals surface area contributed by atoms with Crippen molar-refractivity contribution < 1.29 is 5.11 Å².